The number of nitriles is 1. The van der Waals surface area contributed by atoms with Crippen molar-refractivity contribution in [3.05, 3.63) is 87.3 Å². The number of pyridine rings is 1. The number of aromatic nitrogens is 3. The van der Waals surface area contributed by atoms with E-state index in [0.717, 1.165) is 16.3 Å². The normalized spacial score (nSPS) is 10.6. The molecule has 2 heterocycles. The standard InChI is InChI=1S/C22H16ClN5O2/c1-30-20-5-3-15(11-19(20)23)13-25-21-18-10-14(12-24)2-4-17(18)22(27-26-21)28-8-6-16(29)7-9-28/h2-11H,13H2,1H3,(H,25,26). The molecule has 0 aliphatic carbocycles. The molecule has 0 saturated carbocycles. The molecular weight excluding hydrogens is 402 g/mol. The maximum atomic E-state index is 11.4. The molecule has 148 valence electrons. The van der Waals surface area contributed by atoms with Gasteiger partial charge < -0.3 is 14.6 Å². The van der Waals surface area contributed by atoms with E-state index in [2.05, 4.69) is 21.6 Å². The fourth-order valence-electron chi connectivity index (χ4n) is 3.09. The zero-order valence-electron chi connectivity index (χ0n) is 16.0. The third kappa shape index (κ3) is 3.81. The minimum atomic E-state index is -0.0910. The van der Waals surface area contributed by atoms with Gasteiger partial charge in [0.15, 0.2) is 17.1 Å². The van der Waals surface area contributed by atoms with Gasteiger partial charge in [-0.3, -0.25) is 4.79 Å². The highest BCUT2D eigenvalue weighted by atomic mass is 35.5. The SMILES string of the molecule is COc1ccc(CNc2nnc(-n3ccc(=O)cc3)c3ccc(C#N)cc23)cc1Cl. The number of nitrogens with zero attached hydrogens (tertiary/aromatic N) is 4. The number of hydrogen-bond acceptors (Lipinski definition) is 6. The van der Waals surface area contributed by atoms with Gasteiger partial charge in [0.05, 0.1) is 23.8 Å². The lowest BCUT2D eigenvalue weighted by Gasteiger charge is -2.13. The molecule has 0 spiro atoms. The van der Waals surface area contributed by atoms with E-state index in [1.165, 1.54) is 12.1 Å². The summed E-state index contributed by atoms with van der Waals surface area (Å²) in [4.78, 5) is 11.4. The van der Waals surface area contributed by atoms with Gasteiger partial charge in [-0.25, -0.2) is 0 Å². The van der Waals surface area contributed by atoms with Crippen LogP contribution in [0.5, 0.6) is 5.75 Å². The lowest BCUT2D eigenvalue weighted by Crippen LogP contribution is -2.08. The quantitative estimate of drug-likeness (QED) is 0.529. The third-order valence-corrected chi connectivity index (χ3v) is 4.90. The molecule has 1 N–H and O–H groups in total. The van der Waals surface area contributed by atoms with E-state index in [-0.39, 0.29) is 5.43 Å². The molecule has 0 unspecified atom stereocenters. The van der Waals surface area contributed by atoms with Crippen molar-refractivity contribution >= 4 is 28.2 Å². The number of rotatable bonds is 5. The average molecular weight is 418 g/mol. The van der Waals surface area contributed by atoms with Gasteiger partial charge in [-0.15, -0.1) is 10.2 Å². The van der Waals surface area contributed by atoms with Crippen molar-refractivity contribution in [1.82, 2.24) is 14.8 Å². The molecule has 0 aliphatic rings. The minimum Gasteiger partial charge on any atom is -0.495 e. The molecule has 0 aliphatic heterocycles. The van der Waals surface area contributed by atoms with Crippen LogP contribution in [0.3, 0.4) is 0 Å². The Hall–Kier alpha value is -3.89. The van der Waals surface area contributed by atoms with Crippen molar-refractivity contribution in [2.75, 3.05) is 12.4 Å². The molecule has 0 amide bonds. The van der Waals surface area contributed by atoms with Gasteiger partial charge in [0, 0.05) is 41.8 Å². The van der Waals surface area contributed by atoms with Gasteiger partial charge in [-0.1, -0.05) is 17.7 Å². The number of nitrogens with one attached hydrogen (secondary N) is 1. The second kappa shape index (κ2) is 8.23. The predicted molar refractivity (Wildman–Crippen MR) is 115 cm³/mol. The second-order valence-electron chi connectivity index (χ2n) is 6.51. The molecule has 0 saturated heterocycles. The maximum absolute atomic E-state index is 11.4. The lowest BCUT2D eigenvalue weighted by molar-refractivity contribution is 0.415. The molecule has 0 fully saturated rings. The number of benzene rings is 2. The smallest absolute Gasteiger partial charge is 0.181 e. The molecule has 7 nitrogen and oxygen atoms in total. The third-order valence-electron chi connectivity index (χ3n) is 4.61. The summed E-state index contributed by atoms with van der Waals surface area (Å²) < 4.78 is 6.90. The number of hydrogen-bond donors (Lipinski definition) is 1. The van der Waals surface area contributed by atoms with E-state index < -0.39 is 0 Å². The summed E-state index contributed by atoms with van der Waals surface area (Å²) in [5.41, 5.74) is 1.36. The van der Waals surface area contributed by atoms with Crippen molar-refractivity contribution in [3.63, 3.8) is 0 Å². The fourth-order valence-corrected chi connectivity index (χ4v) is 3.37. The summed E-state index contributed by atoms with van der Waals surface area (Å²) in [5, 5.41) is 23.3. The lowest BCUT2D eigenvalue weighted by atomic mass is 10.1. The molecule has 4 rings (SSSR count). The number of fused-ring (bicyclic) bond motifs is 1. The first-order valence-corrected chi connectivity index (χ1v) is 9.42. The Morgan fingerprint density at radius 2 is 1.90 bits per heavy atom. The number of methoxy groups -OCH3 is 1. The van der Waals surface area contributed by atoms with E-state index in [4.69, 9.17) is 16.3 Å². The topological polar surface area (TPSA) is 92.8 Å². The number of ether oxygens (including phenoxy) is 1. The molecule has 2 aromatic carbocycles. The van der Waals surface area contributed by atoms with E-state index in [1.54, 1.807) is 42.3 Å². The van der Waals surface area contributed by atoms with Crippen LogP contribution in [-0.4, -0.2) is 21.9 Å². The Bertz CT molecular complexity index is 1320. The zero-order chi connectivity index (χ0) is 21.1. The summed E-state index contributed by atoms with van der Waals surface area (Å²) in [7, 11) is 1.57. The number of anilines is 1. The first-order chi connectivity index (χ1) is 14.6. The summed E-state index contributed by atoms with van der Waals surface area (Å²) >= 11 is 6.20. The van der Waals surface area contributed by atoms with Gasteiger partial charge in [0.2, 0.25) is 0 Å². The van der Waals surface area contributed by atoms with Crippen LogP contribution in [0, 0.1) is 11.3 Å². The maximum Gasteiger partial charge on any atom is 0.181 e. The average Bonchev–Trinajstić information content (AvgIpc) is 2.77. The first kappa shape index (κ1) is 19.4. The van der Waals surface area contributed by atoms with Crippen molar-refractivity contribution in [1.29, 1.82) is 5.26 Å². The van der Waals surface area contributed by atoms with Crippen LogP contribution in [0.15, 0.2) is 65.7 Å². The summed E-state index contributed by atoms with van der Waals surface area (Å²) in [6.07, 6.45) is 3.27. The molecule has 0 bridgehead atoms. The van der Waals surface area contributed by atoms with Gasteiger partial charge in [0.1, 0.15) is 5.75 Å². The van der Waals surface area contributed by atoms with E-state index in [9.17, 15) is 10.1 Å². The highest BCUT2D eigenvalue weighted by molar-refractivity contribution is 6.32. The Kier molecular flexibility index (Phi) is 5.33. The van der Waals surface area contributed by atoms with Crippen LogP contribution in [0.2, 0.25) is 5.02 Å². The van der Waals surface area contributed by atoms with Crippen LogP contribution < -0.4 is 15.5 Å². The van der Waals surface area contributed by atoms with E-state index in [1.807, 2.05) is 18.2 Å². The monoisotopic (exact) mass is 417 g/mol. The summed E-state index contributed by atoms with van der Waals surface area (Å²) in [6, 6.07) is 15.9. The van der Waals surface area contributed by atoms with Crippen molar-refractivity contribution < 1.29 is 4.74 Å². The molecular formula is C22H16ClN5O2. The highest BCUT2D eigenvalue weighted by Crippen LogP contribution is 2.28. The zero-order valence-corrected chi connectivity index (χ0v) is 16.7. The Morgan fingerprint density at radius 3 is 2.60 bits per heavy atom. The van der Waals surface area contributed by atoms with Crippen LogP contribution in [-0.2, 0) is 6.54 Å². The molecule has 30 heavy (non-hydrogen) atoms. The number of halogens is 1. The van der Waals surface area contributed by atoms with Crippen LogP contribution in [0.4, 0.5) is 5.82 Å². The Balaban J connectivity index is 1.74. The van der Waals surface area contributed by atoms with Crippen LogP contribution in [0.25, 0.3) is 16.6 Å². The molecule has 0 radical (unpaired) electrons. The summed E-state index contributed by atoms with van der Waals surface area (Å²) in [6.45, 7) is 0.460. The Morgan fingerprint density at radius 1 is 1.10 bits per heavy atom. The minimum absolute atomic E-state index is 0.0910. The highest BCUT2D eigenvalue weighted by Gasteiger charge is 2.12. The molecule has 0 atom stereocenters. The van der Waals surface area contributed by atoms with Crippen molar-refractivity contribution in [3.8, 4) is 17.6 Å². The van der Waals surface area contributed by atoms with Crippen LogP contribution in [0.1, 0.15) is 11.1 Å². The van der Waals surface area contributed by atoms with Crippen LogP contribution >= 0.6 is 11.6 Å². The van der Waals surface area contributed by atoms with E-state index in [0.29, 0.717) is 34.5 Å². The predicted octanol–water partition coefficient (Wildman–Crippen LogP) is 3.93. The molecule has 4 aromatic rings. The van der Waals surface area contributed by atoms with Gasteiger partial charge in [-0.05, 0) is 35.9 Å². The first-order valence-electron chi connectivity index (χ1n) is 9.04. The molecule has 8 heteroatoms. The summed E-state index contributed by atoms with van der Waals surface area (Å²) in [5.74, 6) is 1.71. The van der Waals surface area contributed by atoms with Crippen molar-refractivity contribution in [2.24, 2.45) is 0 Å². The van der Waals surface area contributed by atoms with E-state index >= 15 is 0 Å². The van der Waals surface area contributed by atoms with Gasteiger partial charge in [0.25, 0.3) is 0 Å². The van der Waals surface area contributed by atoms with Gasteiger partial charge in [-0.2, -0.15) is 5.26 Å². The fraction of sp³-hybridized carbons (Fsp3) is 0.0909. The Labute approximate surface area is 177 Å². The molecule has 2 aromatic heterocycles. The second-order valence-corrected chi connectivity index (χ2v) is 6.92. The van der Waals surface area contributed by atoms with Gasteiger partial charge >= 0.3 is 0 Å². The van der Waals surface area contributed by atoms with Crippen molar-refractivity contribution in [2.45, 2.75) is 6.54 Å². The largest absolute Gasteiger partial charge is 0.495 e.